The van der Waals surface area contributed by atoms with Crippen molar-refractivity contribution in [3.63, 3.8) is 0 Å². The van der Waals surface area contributed by atoms with Crippen LogP contribution in [0, 0.1) is 5.92 Å². The smallest absolute Gasteiger partial charge is 0.335 e. The summed E-state index contributed by atoms with van der Waals surface area (Å²) in [6, 6.07) is 0. The van der Waals surface area contributed by atoms with Crippen LogP contribution in [-0.2, 0) is 9.53 Å². The second-order valence-electron chi connectivity index (χ2n) is 4.76. The first-order valence-electron chi connectivity index (χ1n) is 6.34. The summed E-state index contributed by atoms with van der Waals surface area (Å²) in [6.45, 7) is 1.70. The topological polar surface area (TPSA) is 38.3 Å². The molecule has 0 amide bonds. The van der Waals surface area contributed by atoms with E-state index in [1.807, 2.05) is 0 Å². The van der Waals surface area contributed by atoms with E-state index in [1.54, 1.807) is 0 Å². The third-order valence-electron chi connectivity index (χ3n) is 3.79. The fourth-order valence-electron chi connectivity index (χ4n) is 2.93. The molecule has 0 bridgehead atoms. The number of nitrogens with one attached hydrogen (secondary N) is 1. The maximum Gasteiger partial charge on any atom is 0.335 e. The number of methoxy groups -OCH3 is 1. The van der Waals surface area contributed by atoms with Gasteiger partial charge in [-0.15, -0.1) is 0 Å². The van der Waals surface area contributed by atoms with Gasteiger partial charge in [-0.25, -0.2) is 4.79 Å². The molecular weight excluding hydrogens is 202 g/mol. The van der Waals surface area contributed by atoms with Gasteiger partial charge < -0.3 is 10.1 Å². The number of hydrogen-bond donors (Lipinski definition) is 1. The lowest BCUT2D eigenvalue weighted by molar-refractivity contribution is -0.136. The van der Waals surface area contributed by atoms with E-state index in [4.69, 9.17) is 4.74 Å². The van der Waals surface area contributed by atoms with Gasteiger partial charge in [-0.2, -0.15) is 0 Å². The van der Waals surface area contributed by atoms with Gasteiger partial charge in [0.1, 0.15) is 0 Å². The quantitative estimate of drug-likeness (QED) is 0.728. The Kier molecular flexibility index (Phi) is 3.99. The third kappa shape index (κ3) is 2.46. The summed E-state index contributed by atoms with van der Waals surface area (Å²) in [5.41, 5.74) is 2.28. The summed E-state index contributed by atoms with van der Waals surface area (Å²) in [5, 5.41) is 3.26. The van der Waals surface area contributed by atoms with Gasteiger partial charge in [-0.1, -0.05) is 24.8 Å². The van der Waals surface area contributed by atoms with Gasteiger partial charge in [0.2, 0.25) is 0 Å². The van der Waals surface area contributed by atoms with E-state index in [2.05, 4.69) is 5.32 Å². The first kappa shape index (κ1) is 11.6. The zero-order valence-electron chi connectivity index (χ0n) is 10.1. The van der Waals surface area contributed by atoms with Crippen LogP contribution in [0.2, 0.25) is 0 Å². The van der Waals surface area contributed by atoms with Crippen LogP contribution in [0.15, 0.2) is 11.1 Å². The van der Waals surface area contributed by atoms with E-state index in [0.717, 1.165) is 18.5 Å². The number of ether oxygens (including phenoxy) is 1. The van der Waals surface area contributed by atoms with Crippen LogP contribution in [0.3, 0.4) is 0 Å². The summed E-state index contributed by atoms with van der Waals surface area (Å²) in [5.74, 6) is 0.512. The molecule has 0 aromatic carbocycles. The normalized spacial score (nSPS) is 23.3. The first-order valence-corrected chi connectivity index (χ1v) is 6.34. The summed E-state index contributed by atoms with van der Waals surface area (Å²) in [4.78, 5) is 11.7. The highest BCUT2D eigenvalue weighted by Crippen LogP contribution is 2.34. The molecule has 1 aliphatic carbocycles. The zero-order valence-corrected chi connectivity index (χ0v) is 10.1. The first-order chi connectivity index (χ1) is 7.83. The predicted molar refractivity (Wildman–Crippen MR) is 63.1 cm³/mol. The van der Waals surface area contributed by atoms with E-state index in [1.165, 1.54) is 44.8 Å². The van der Waals surface area contributed by atoms with Crippen LogP contribution >= 0.6 is 0 Å². The lowest BCUT2D eigenvalue weighted by Gasteiger charge is -2.29. The molecule has 1 saturated carbocycles. The highest BCUT2D eigenvalue weighted by atomic mass is 16.5. The molecule has 3 heteroatoms. The molecule has 1 fully saturated rings. The Morgan fingerprint density at radius 1 is 1.31 bits per heavy atom. The SMILES string of the molecule is COC(=O)C1=C(C2CCCCC2)CCNC1. The van der Waals surface area contributed by atoms with Gasteiger partial charge in [0.25, 0.3) is 0 Å². The Hall–Kier alpha value is -0.830. The molecule has 0 unspecified atom stereocenters. The summed E-state index contributed by atoms with van der Waals surface area (Å²) in [7, 11) is 1.47. The Bertz CT molecular complexity index is 290. The summed E-state index contributed by atoms with van der Waals surface area (Å²) < 4.78 is 4.87. The summed E-state index contributed by atoms with van der Waals surface area (Å²) >= 11 is 0. The molecule has 16 heavy (non-hydrogen) atoms. The summed E-state index contributed by atoms with van der Waals surface area (Å²) in [6.07, 6.45) is 7.53. The van der Waals surface area contributed by atoms with Gasteiger partial charge >= 0.3 is 5.97 Å². The maximum atomic E-state index is 11.7. The van der Waals surface area contributed by atoms with Crippen molar-refractivity contribution in [2.45, 2.75) is 38.5 Å². The highest BCUT2D eigenvalue weighted by Gasteiger charge is 2.26. The number of carbonyl (C=O) groups excluding carboxylic acids is 1. The number of rotatable bonds is 2. The molecule has 1 heterocycles. The van der Waals surface area contributed by atoms with Gasteiger partial charge in [-0.3, -0.25) is 0 Å². The third-order valence-corrected chi connectivity index (χ3v) is 3.79. The minimum absolute atomic E-state index is 0.132. The Morgan fingerprint density at radius 3 is 2.75 bits per heavy atom. The highest BCUT2D eigenvalue weighted by molar-refractivity contribution is 5.90. The molecule has 3 nitrogen and oxygen atoms in total. The van der Waals surface area contributed by atoms with Crippen molar-refractivity contribution >= 4 is 5.97 Å². The molecular formula is C13H21NO2. The van der Waals surface area contributed by atoms with Crippen molar-refractivity contribution in [3.05, 3.63) is 11.1 Å². The molecule has 0 aromatic heterocycles. The standard InChI is InChI=1S/C13H21NO2/c1-16-13(15)12-9-14-8-7-11(12)10-5-3-2-4-6-10/h10,14H,2-9H2,1H3. The van der Waals surface area contributed by atoms with Gasteiger partial charge in [-0.05, 0) is 31.7 Å². The predicted octanol–water partition coefficient (Wildman–Crippen LogP) is 2.03. The van der Waals surface area contributed by atoms with Crippen LogP contribution in [0.4, 0.5) is 0 Å². The second kappa shape index (κ2) is 5.48. The lowest BCUT2D eigenvalue weighted by Crippen LogP contribution is -2.32. The van der Waals surface area contributed by atoms with E-state index >= 15 is 0 Å². The Balaban J connectivity index is 2.17. The molecule has 0 aromatic rings. The van der Waals surface area contributed by atoms with Crippen LogP contribution in [0.5, 0.6) is 0 Å². The van der Waals surface area contributed by atoms with E-state index in [-0.39, 0.29) is 5.97 Å². The lowest BCUT2D eigenvalue weighted by atomic mass is 9.79. The van der Waals surface area contributed by atoms with Crippen molar-refractivity contribution in [2.75, 3.05) is 20.2 Å². The second-order valence-corrected chi connectivity index (χ2v) is 4.76. The minimum atomic E-state index is -0.132. The number of carbonyl (C=O) groups is 1. The maximum absolute atomic E-state index is 11.7. The van der Waals surface area contributed by atoms with Crippen molar-refractivity contribution in [1.82, 2.24) is 5.32 Å². The monoisotopic (exact) mass is 223 g/mol. The molecule has 2 aliphatic rings. The van der Waals surface area contributed by atoms with Crippen molar-refractivity contribution in [2.24, 2.45) is 5.92 Å². The van der Waals surface area contributed by atoms with Gasteiger partial charge in [0, 0.05) is 6.54 Å². The van der Waals surface area contributed by atoms with E-state index in [9.17, 15) is 4.79 Å². The molecule has 0 atom stereocenters. The van der Waals surface area contributed by atoms with Gasteiger partial charge in [0.05, 0.1) is 12.7 Å². The number of hydrogen-bond acceptors (Lipinski definition) is 3. The average Bonchev–Trinajstić information content (AvgIpc) is 2.39. The average molecular weight is 223 g/mol. The van der Waals surface area contributed by atoms with Crippen molar-refractivity contribution < 1.29 is 9.53 Å². The number of esters is 1. The molecule has 90 valence electrons. The Morgan fingerprint density at radius 2 is 2.06 bits per heavy atom. The molecule has 0 spiro atoms. The molecule has 0 radical (unpaired) electrons. The van der Waals surface area contributed by atoms with Crippen LogP contribution in [0.25, 0.3) is 0 Å². The molecule has 2 rings (SSSR count). The van der Waals surface area contributed by atoms with E-state index < -0.39 is 0 Å². The fraction of sp³-hybridized carbons (Fsp3) is 0.769. The van der Waals surface area contributed by atoms with Crippen molar-refractivity contribution in [1.29, 1.82) is 0 Å². The largest absolute Gasteiger partial charge is 0.466 e. The van der Waals surface area contributed by atoms with E-state index in [0.29, 0.717) is 12.5 Å². The minimum Gasteiger partial charge on any atom is -0.466 e. The molecule has 0 saturated heterocycles. The van der Waals surface area contributed by atoms with Crippen LogP contribution < -0.4 is 5.32 Å². The Labute approximate surface area is 97.2 Å². The van der Waals surface area contributed by atoms with Crippen LogP contribution in [-0.4, -0.2) is 26.2 Å². The van der Waals surface area contributed by atoms with Crippen molar-refractivity contribution in [3.8, 4) is 0 Å². The zero-order chi connectivity index (χ0) is 11.4. The fourth-order valence-corrected chi connectivity index (χ4v) is 2.93. The molecule has 1 N–H and O–H groups in total. The van der Waals surface area contributed by atoms with Gasteiger partial charge in [0.15, 0.2) is 0 Å². The van der Waals surface area contributed by atoms with Crippen LogP contribution in [0.1, 0.15) is 38.5 Å². The molecule has 1 aliphatic heterocycles.